The molecule has 9 heteroatoms. The largest absolute Gasteiger partial charge is 0.469 e. The maximum absolute atomic E-state index is 12.3. The van der Waals surface area contributed by atoms with Crippen LogP contribution in [0.2, 0.25) is 0 Å². The maximum atomic E-state index is 12.3. The van der Waals surface area contributed by atoms with Gasteiger partial charge in [0.15, 0.2) is 6.10 Å². The Kier molecular flexibility index (Phi) is 28.6. The summed E-state index contributed by atoms with van der Waals surface area (Å²) >= 11 is 0. The van der Waals surface area contributed by atoms with E-state index in [9.17, 15) is 14.2 Å². The third-order valence-corrected chi connectivity index (χ3v) is 7.46. The second kappa shape index (κ2) is 29.6. The third-order valence-electron chi connectivity index (χ3n) is 6.97. The summed E-state index contributed by atoms with van der Waals surface area (Å²) < 4.78 is 26.1. The molecule has 0 saturated carbocycles. The Bertz CT molecular complexity index is 746. The van der Waals surface area contributed by atoms with Crippen LogP contribution in [0.25, 0.3) is 0 Å². The fraction of sp³-hybridized carbons (Fsp3) is 0.818. The molecular formula is C33H61O8P. The quantitative estimate of drug-likeness (QED) is 0.0355. The number of esters is 2. The van der Waals surface area contributed by atoms with Gasteiger partial charge in [0.25, 0.3) is 0 Å². The van der Waals surface area contributed by atoms with Crippen LogP contribution in [0.5, 0.6) is 0 Å². The van der Waals surface area contributed by atoms with Crippen LogP contribution in [0, 0.1) is 0 Å². The number of carbonyl (C=O) groups is 2. The van der Waals surface area contributed by atoms with Crippen molar-refractivity contribution in [2.75, 3.05) is 13.2 Å². The molecule has 0 aliphatic carbocycles. The van der Waals surface area contributed by atoms with Crippen LogP contribution in [0.4, 0.5) is 0 Å². The molecule has 0 rings (SSSR count). The molecule has 0 unspecified atom stereocenters. The average Bonchev–Trinajstić information content (AvgIpc) is 2.95. The van der Waals surface area contributed by atoms with Gasteiger partial charge in [0, 0.05) is 12.8 Å². The highest BCUT2D eigenvalue weighted by Crippen LogP contribution is 2.35. The van der Waals surface area contributed by atoms with E-state index in [1.807, 2.05) is 0 Å². The molecular weight excluding hydrogens is 555 g/mol. The lowest BCUT2D eigenvalue weighted by molar-refractivity contribution is -0.161. The molecule has 0 amide bonds. The van der Waals surface area contributed by atoms with Crippen molar-refractivity contribution >= 4 is 19.8 Å². The van der Waals surface area contributed by atoms with Crippen molar-refractivity contribution in [1.29, 1.82) is 0 Å². The van der Waals surface area contributed by atoms with Crippen molar-refractivity contribution in [2.45, 2.75) is 161 Å². The molecule has 246 valence electrons. The minimum Gasteiger partial charge on any atom is -0.462 e. The van der Waals surface area contributed by atoms with E-state index in [1.54, 1.807) is 0 Å². The van der Waals surface area contributed by atoms with Crippen molar-refractivity contribution in [3.05, 3.63) is 24.3 Å². The molecule has 0 aromatic heterocycles. The van der Waals surface area contributed by atoms with E-state index in [-0.39, 0.29) is 19.4 Å². The summed E-state index contributed by atoms with van der Waals surface area (Å²) in [6, 6.07) is 0. The fourth-order valence-electron chi connectivity index (χ4n) is 4.46. The van der Waals surface area contributed by atoms with Crippen molar-refractivity contribution in [2.24, 2.45) is 0 Å². The Morgan fingerprint density at radius 2 is 1.07 bits per heavy atom. The first-order chi connectivity index (χ1) is 20.3. The van der Waals surface area contributed by atoms with E-state index in [1.165, 1.54) is 64.2 Å². The summed E-state index contributed by atoms with van der Waals surface area (Å²) in [4.78, 5) is 42.3. The highest BCUT2D eigenvalue weighted by molar-refractivity contribution is 7.46. The van der Waals surface area contributed by atoms with E-state index in [0.717, 1.165) is 57.8 Å². The Labute approximate surface area is 256 Å². The van der Waals surface area contributed by atoms with Gasteiger partial charge < -0.3 is 19.3 Å². The summed E-state index contributed by atoms with van der Waals surface area (Å²) in [7, 11) is -4.74. The van der Waals surface area contributed by atoms with E-state index in [2.05, 4.69) is 42.7 Å². The summed E-state index contributed by atoms with van der Waals surface area (Å²) in [6.07, 6.45) is 30.6. The molecule has 0 saturated heterocycles. The Morgan fingerprint density at radius 3 is 1.62 bits per heavy atom. The van der Waals surface area contributed by atoms with Gasteiger partial charge in [-0.25, -0.2) is 4.57 Å². The van der Waals surface area contributed by atoms with Crippen LogP contribution < -0.4 is 0 Å². The highest BCUT2D eigenvalue weighted by atomic mass is 31.2. The first-order valence-corrected chi connectivity index (χ1v) is 18.2. The van der Waals surface area contributed by atoms with Crippen molar-refractivity contribution < 1.29 is 37.9 Å². The standard InChI is InChI=1S/C33H61O8P/c1-3-5-7-9-11-12-13-14-15-16-17-18-19-20-22-24-26-28-33(35)41-31(30-40-42(36,37)38)29-39-32(34)27-25-23-21-10-8-6-4-2/h11-12,14-15,31H,3-10,13,16-30H2,1-2H3,(H2,36,37,38)/b12-11+,15-14+/t31-/m1/s1. The molecule has 42 heavy (non-hydrogen) atoms. The summed E-state index contributed by atoms with van der Waals surface area (Å²) in [6.45, 7) is 3.58. The van der Waals surface area contributed by atoms with Gasteiger partial charge in [-0.2, -0.15) is 0 Å². The SMILES string of the molecule is CCCCC/C=C/C/C=C/CCCCCCCCCC(=O)O[C@H](COC(=O)CCCCCCCCC)COP(=O)(O)O. The summed E-state index contributed by atoms with van der Waals surface area (Å²) in [5, 5.41) is 0. The topological polar surface area (TPSA) is 119 Å². The van der Waals surface area contributed by atoms with E-state index < -0.39 is 32.5 Å². The third kappa shape index (κ3) is 31.5. The van der Waals surface area contributed by atoms with E-state index in [0.29, 0.717) is 6.42 Å². The number of phosphoric acid groups is 1. The second-order valence-electron chi connectivity index (χ2n) is 11.1. The first-order valence-electron chi connectivity index (χ1n) is 16.6. The number of unbranched alkanes of at least 4 members (excludes halogenated alkanes) is 16. The lowest BCUT2D eigenvalue weighted by Gasteiger charge is -2.18. The smallest absolute Gasteiger partial charge is 0.462 e. The predicted octanol–water partition coefficient (Wildman–Crippen LogP) is 9.29. The molecule has 0 spiro atoms. The van der Waals surface area contributed by atoms with Gasteiger partial charge in [-0.15, -0.1) is 0 Å². The molecule has 0 heterocycles. The fourth-order valence-corrected chi connectivity index (χ4v) is 4.82. The number of ether oxygens (including phenoxy) is 2. The minimum absolute atomic E-state index is 0.205. The van der Waals surface area contributed by atoms with Crippen molar-refractivity contribution in [3.63, 3.8) is 0 Å². The summed E-state index contributed by atoms with van der Waals surface area (Å²) in [5.74, 6) is -0.901. The molecule has 8 nitrogen and oxygen atoms in total. The number of allylic oxidation sites excluding steroid dienone is 4. The van der Waals surface area contributed by atoms with Gasteiger partial charge in [0.1, 0.15) is 6.61 Å². The predicted molar refractivity (Wildman–Crippen MR) is 170 cm³/mol. The van der Waals surface area contributed by atoms with E-state index in [4.69, 9.17) is 19.3 Å². The second-order valence-corrected chi connectivity index (χ2v) is 12.4. The van der Waals surface area contributed by atoms with Gasteiger partial charge in [-0.05, 0) is 44.9 Å². The van der Waals surface area contributed by atoms with Crippen LogP contribution in [-0.4, -0.2) is 41.0 Å². The number of hydrogen-bond donors (Lipinski definition) is 2. The maximum Gasteiger partial charge on any atom is 0.469 e. The van der Waals surface area contributed by atoms with Crippen LogP contribution in [0.1, 0.15) is 155 Å². The number of carbonyl (C=O) groups excluding carboxylic acids is 2. The zero-order valence-corrected chi connectivity index (χ0v) is 27.5. The molecule has 0 aromatic rings. The van der Waals surface area contributed by atoms with Gasteiger partial charge in [0.2, 0.25) is 0 Å². The number of rotatable bonds is 30. The van der Waals surface area contributed by atoms with Gasteiger partial charge in [0.05, 0.1) is 6.61 Å². The normalized spacial score (nSPS) is 12.8. The van der Waals surface area contributed by atoms with Crippen LogP contribution in [0.3, 0.4) is 0 Å². The minimum atomic E-state index is -4.74. The zero-order valence-electron chi connectivity index (χ0n) is 26.6. The van der Waals surface area contributed by atoms with Gasteiger partial charge in [-0.3, -0.25) is 14.1 Å². The first kappa shape index (κ1) is 40.5. The number of phosphoric ester groups is 1. The van der Waals surface area contributed by atoms with Crippen LogP contribution in [0.15, 0.2) is 24.3 Å². The zero-order chi connectivity index (χ0) is 31.2. The van der Waals surface area contributed by atoms with Gasteiger partial charge >= 0.3 is 19.8 Å². The van der Waals surface area contributed by atoms with Gasteiger partial charge in [-0.1, -0.05) is 122 Å². The lowest BCUT2D eigenvalue weighted by atomic mass is 10.1. The van der Waals surface area contributed by atoms with Crippen LogP contribution >= 0.6 is 7.82 Å². The van der Waals surface area contributed by atoms with Crippen molar-refractivity contribution in [1.82, 2.24) is 0 Å². The van der Waals surface area contributed by atoms with Crippen LogP contribution in [-0.2, 0) is 28.2 Å². The Hall–Kier alpha value is -1.47. The lowest BCUT2D eigenvalue weighted by Crippen LogP contribution is -2.29. The molecule has 0 aliphatic rings. The molecule has 2 N–H and O–H groups in total. The molecule has 0 fully saturated rings. The Morgan fingerprint density at radius 1 is 0.619 bits per heavy atom. The van der Waals surface area contributed by atoms with Crippen molar-refractivity contribution in [3.8, 4) is 0 Å². The Balaban J connectivity index is 3.97. The summed E-state index contributed by atoms with van der Waals surface area (Å²) in [5.41, 5.74) is 0. The van der Waals surface area contributed by atoms with E-state index >= 15 is 0 Å². The molecule has 0 bridgehead atoms. The molecule has 0 aromatic carbocycles. The number of hydrogen-bond acceptors (Lipinski definition) is 6. The monoisotopic (exact) mass is 616 g/mol. The molecule has 0 radical (unpaired) electrons. The highest BCUT2D eigenvalue weighted by Gasteiger charge is 2.22. The molecule has 0 aliphatic heterocycles. The average molecular weight is 617 g/mol. The molecule has 1 atom stereocenters.